The van der Waals surface area contributed by atoms with E-state index < -0.39 is 0 Å². The zero-order valence-electron chi connectivity index (χ0n) is 10.8. The first kappa shape index (κ1) is 13.4. The normalized spacial score (nSPS) is 10.7. The monoisotopic (exact) mass is 236 g/mol. The van der Waals surface area contributed by atoms with Gasteiger partial charge in [0.1, 0.15) is 5.75 Å². The average Bonchev–Trinajstić information content (AvgIpc) is 2.19. The molecule has 4 heteroatoms. The summed E-state index contributed by atoms with van der Waals surface area (Å²) in [4.78, 5) is 11.7. The van der Waals surface area contributed by atoms with Crippen LogP contribution >= 0.6 is 0 Å². The third-order valence-corrected chi connectivity index (χ3v) is 2.05. The summed E-state index contributed by atoms with van der Waals surface area (Å²) in [5, 5.41) is 2.81. The molecule has 0 aliphatic rings. The maximum absolute atomic E-state index is 11.7. The number of ether oxygens (including phenoxy) is 1. The summed E-state index contributed by atoms with van der Waals surface area (Å²) in [6.07, 6.45) is 0.0626. The molecule has 0 radical (unpaired) electrons. The number of hydrogen-bond donors (Lipinski definition) is 2. The number of benzene rings is 1. The van der Waals surface area contributed by atoms with E-state index in [4.69, 9.17) is 10.5 Å². The Morgan fingerprint density at radius 3 is 2.41 bits per heavy atom. The molecule has 3 N–H and O–H groups in total. The number of carbonyl (C=O) groups is 1. The molecular weight excluding hydrogens is 216 g/mol. The van der Waals surface area contributed by atoms with Crippen LogP contribution in [0.25, 0.3) is 0 Å². The fraction of sp³-hybridized carbons (Fsp3) is 0.462. The van der Waals surface area contributed by atoms with E-state index in [9.17, 15) is 4.79 Å². The first-order valence-corrected chi connectivity index (χ1v) is 5.77. The van der Waals surface area contributed by atoms with E-state index in [0.29, 0.717) is 17.0 Å². The summed E-state index contributed by atoms with van der Waals surface area (Å²) >= 11 is 0. The van der Waals surface area contributed by atoms with E-state index in [1.54, 1.807) is 18.2 Å². The van der Waals surface area contributed by atoms with Crippen LogP contribution < -0.4 is 15.8 Å². The van der Waals surface area contributed by atoms with Gasteiger partial charge in [-0.25, -0.2) is 0 Å². The Kier molecular flexibility index (Phi) is 4.37. The molecule has 0 saturated carbocycles. The van der Waals surface area contributed by atoms with Crippen molar-refractivity contribution in [3.63, 3.8) is 0 Å². The second-order valence-electron chi connectivity index (χ2n) is 4.55. The van der Waals surface area contributed by atoms with Gasteiger partial charge in [0.25, 0.3) is 5.91 Å². The molecule has 0 spiro atoms. The van der Waals surface area contributed by atoms with Gasteiger partial charge in [-0.3, -0.25) is 4.79 Å². The lowest BCUT2D eigenvalue weighted by molar-refractivity contribution is 0.0943. The minimum Gasteiger partial charge on any atom is -0.489 e. The predicted molar refractivity (Wildman–Crippen MR) is 69.2 cm³/mol. The molecule has 1 aromatic rings. The molecule has 1 amide bonds. The van der Waals surface area contributed by atoms with Crippen LogP contribution in [0.4, 0.5) is 5.69 Å². The van der Waals surface area contributed by atoms with Gasteiger partial charge in [0, 0.05) is 11.6 Å². The number of amides is 1. The molecule has 17 heavy (non-hydrogen) atoms. The van der Waals surface area contributed by atoms with Gasteiger partial charge in [0.05, 0.1) is 11.8 Å². The molecule has 0 atom stereocenters. The molecule has 4 nitrogen and oxygen atoms in total. The molecular formula is C13H20N2O2. The van der Waals surface area contributed by atoms with Crippen LogP contribution in [-0.2, 0) is 0 Å². The number of nitrogens with two attached hydrogens (primary N) is 1. The molecule has 0 saturated heterocycles. The van der Waals surface area contributed by atoms with E-state index in [-0.39, 0.29) is 18.1 Å². The zero-order chi connectivity index (χ0) is 13.0. The molecule has 94 valence electrons. The average molecular weight is 236 g/mol. The van der Waals surface area contributed by atoms with Crippen molar-refractivity contribution in [2.75, 3.05) is 5.73 Å². The van der Waals surface area contributed by atoms with Gasteiger partial charge in [-0.05, 0) is 45.9 Å². The van der Waals surface area contributed by atoms with Crippen LogP contribution in [0.5, 0.6) is 5.75 Å². The van der Waals surface area contributed by atoms with Crippen LogP contribution in [0.1, 0.15) is 38.1 Å². The Morgan fingerprint density at radius 2 is 1.94 bits per heavy atom. The fourth-order valence-corrected chi connectivity index (χ4v) is 1.40. The van der Waals surface area contributed by atoms with Crippen molar-refractivity contribution >= 4 is 11.6 Å². The maximum Gasteiger partial charge on any atom is 0.251 e. The van der Waals surface area contributed by atoms with Gasteiger partial charge in [0.15, 0.2) is 0 Å². The first-order chi connectivity index (χ1) is 7.90. The first-order valence-electron chi connectivity index (χ1n) is 5.77. The van der Waals surface area contributed by atoms with Crippen molar-refractivity contribution in [2.24, 2.45) is 0 Å². The lowest BCUT2D eigenvalue weighted by Gasteiger charge is -2.13. The molecule has 0 bridgehead atoms. The molecule has 1 rings (SSSR count). The number of anilines is 1. The van der Waals surface area contributed by atoms with Gasteiger partial charge < -0.3 is 15.8 Å². The van der Waals surface area contributed by atoms with Crippen LogP contribution in [0.15, 0.2) is 18.2 Å². The van der Waals surface area contributed by atoms with E-state index in [0.717, 1.165) is 0 Å². The second kappa shape index (κ2) is 5.57. The van der Waals surface area contributed by atoms with Crippen molar-refractivity contribution < 1.29 is 9.53 Å². The van der Waals surface area contributed by atoms with Crippen molar-refractivity contribution in [2.45, 2.75) is 39.8 Å². The lowest BCUT2D eigenvalue weighted by atomic mass is 10.1. The summed E-state index contributed by atoms with van der Waals surface area (Å²) in [5.41, 5.74) is 6.86. The molecule has 0 heterocycles. The highest BCUT2D eigenvalue weighted by Crippen LogP contribution is 2.23. The smallest absolute Gasteiger partial charge is 0.251 e. The minimum absolute atomic E-state index is 0.0626. The Labute approximate surface area is 102 Å². The van der Waals surface area contributed by atoms with E-state index in [2.05, 4.69) is 5.32 Å². The molecule has 0 aromatic heterocycles. The lowest BCUT2D eigenvalue weighted by Crippen LogP contribution is -2.30. The SMILES string of the molecule is CC(C)NC(=O)c1ccc(OC(C)C)c(N)c1. The van der Waals surface area contributed by atoms with Gasteiger partial charge in [-0.2, -0.15) is 0 Å². The molecule has 0 aliphatic carbocycles. The van der Waals surface area contributed by atoms with Crippen LogP contribution in [0.3, 0.4) is 0 Å². The van der Waals surface area contributed by atoms with E-state index in [1.807, 2.05) is 27.7 Å². The van der Waals surface area contributed by atoms with Crippen LogP contribution in [-0.4, -0.2) is 18.1 Å². The number of carbonyl (C=O) groups excluding carboxylic acids is 1. The Bertz CT molecular complexity index is 400. The summed E-state index contributed by atoms with van der Waals surface area (Å²) in [6, 6.07) is 5.18. The third-order valence-electron chi connectivity index (χ3n) is 2.05. The molecule has 0 aliphatic heterocycles. The zero-order valence-corrected chi connectivity index (χ0v) is 10.8. The highest BCUT2D eigenvalue weighted by molar-refractivity contribution is 5.95. The summed E-state index contributed by atoms with van der Waals surface area (Å²) in [5.74, 6) is 0.490. The highest BCUT2D eigenvalue weighted by Gasteiger charge is 2.10. The van der Waals surface area contributed by atoms with E-state index >= 15 is 0 Å². The summed E-state index contributed by atoms with van der Waals surface area (Å²) in [6.45, 7) is 7.69. The van der Waals surface area contributed by atoms with Crippen molar-refractivity contribution in [1.29, 1.82) is 0 Å². The summed E-state index contributed by atoms with van der Waals surface area (Å²) < 4.78 is 5.50. The minimum atomic E-state index is -0.122. The Hall–Kier alpha value is -1.71. The molecule has 1 aromatic carbocycles. The maximum atomic E-state index is 11.7. The van der Waals surface area contributed by atoms with Crippen molar-refractivity contribution in [3.05, 3.63) is 23.8 Å². The van der Waals surface area contributed by atoms with Crippen molar-refractivity contribution in [1.82, 2.24) is 5.32 Å². The number of rotatable bonds is 4. The number of hydrogen-bond acceptors (Lipinski definition) is 3. The van der Waals surface area contributed by atoms with Crippen LogP contribution in [0.2, 0.25) is 0 Å². The standard InChI is InChI=1S/C13H20N2O2/c1-8(2)15-13(16)10-5-6-12(11(14)7-10)17-9(3)4/h5-9H,14H2,1-4H3,(H,15,16). The predicted octanol–water partition coefficient (Wildman–Crippen LogP) is 2.19. The van der Waals surface area contributed by atoms with Gasteiger partial charge in [-0.15, -0.1) is 0 Å². The number of nitrogens with one attached hydrogen (secondary N) is 1. The van der Waals surface area contributed by atoms with Gasteiger partial charge in [0.2, 0.25) is 0 Å². The van der Waals surface area contributed by atoms with E-state index in [1.165, 1.54) is 0 Å². The van der Waals surface area contributed by atoms with Crippen LogP contribution in [0, 0.1) is 0 Å². The Morgan fingerprint density at radius 1 is 1.29 bits per heavy atom. The number of nitrogen functional groups attached to an aromatic ring is 1. The highest BCUT2D eigenvalue weighted by atomic mass is 16.5. The largest absolute Gasteiger partial charge is 0.489 e. The Balaban J connectivity index is 2.85. The van der Waals surface area contributed by atoms with Gasteiger partial charge in [-0.1, -0.05) is 0 Å². The quantitative estimate of drug-likeness (QED) is 0.788. The summed E-state index contributed by atoms with van der Waals surface area (Å²) in [7, 11) is 0. The fourth-order valence-electron chi connectivity index (χ4n) is 1.40. The van der Waals surface area contributed by atoms with Crippen molar-refractivity contribution in [3.8, 4) is 5.75 Å². The topological polar surface area (TPSA) is 64.3 Å². The van der Waals surface area contributed by atoms with Gasteiger partial charge >= 0.3 is 0 Å². The molecule has 0 unspecified atom stereocenters. The second-order valence-corrected chi connectivity index (χ2v) is 4.55. The third kappa shape index (κ3) is 3.98. The molecule has 0 fully saturated rings.